The number of hydrogen-bond acceptors (Lipinski definition) is 3. The van der Waals surface area contributed by atoms with Gasteiger partial charge in [-0.3, -0.25) is 4.79 Å². The predicted octanol–water partition coefficient (Wildman–Crippen LogP) is 2.26. The Hall–Kier alpha value is -1.03. The summed E-state index contributed by atoms with van der Waals surface area (Å²) in [5.41, 5.74) is 0.628. The SMILES string of the molecule is Cc1ncoc1C(=O)NC1CCC(Cl)CC1. The molecule has 1 fully saturated rings. The molecule has 1 aliphatic rings. The van der Waals surface area contributed by atoms with Crippen molar-refractivity contribution in [2.24, 2.45) is 0 Å². The van der Waals surface area contributed by atoms with Crippen LogP contribution in [0.15, 0.2) is 10.8 Å². The molecule has 0 radical (unpaired) electrons. The molecule has 0 saturated heterocycles. The smallest absolute Gasteiger partial charge is 0.289 e. The van der Waals surface area contributed by atoms with Crippen molar-refractivity contribution in [2.75, 3.05) is 0 Å². The maximum Gasteiger partial charge on any atom is 0.289 e. The number of aryl methyl sites for hydroxylation is 1. The number of carbonyl (C=O) groups excluding carboxylic acids is 1. The lowest BCUT2D eigenvalue weighted by molar-refractivity contribution is 0.0899. The Morgan fingerprint density at radius 3 is 2.75 bits per heavy atom. The van der Waals surface area contributed by atoms with Crippen molar-refractivity contribution in [1.29, 1.82) is 0 Å². The second-order valence-corrected chi connectivity index (χ2v) is 4.81. The van der Waals surface area contributed by atoms with E-state index in [1.807, 2.05) is 0 Å². The van der Waals surface area contributed by atoms with Gasteiger partial charge in [0.05, 0.1) is 5.69 Å². The predicted molar refractivity (Wildman–Crippen MR) is 60.6 cm³/mol. The highest BCUT2D eigenvalue weighted by Crippen LogP contribution is 2.23. The normalized spacial score (nSPS) is 25.4. The van der Waals surface area contributed by atoms with Crippen LogP contribution in [-0.2, 0) is 0 Å². The van der Waals surface area contributed by atoms with Gasteiger partial charge >= 0.3 is 0 Å². The van der Waals surface area contributed by atoms with E-state index in [0.29, 0.717) is 11.5 Å². The Labute approximate surface area is 99.4 Å². The number of nitrogens with zero attached hydrogens (tertiary/aromatic N) is 1. The van der Waals surface area contributed by atoms with Crippen LogP contribution in [0, 0.1) is 6.92 Å². The lowest BCUT2D eigenvalue weighted by Crippen LogP contribution is -2.37. The zero-order valence-corrected chi connectivity index (χ0v) is 9.96. The van der Waals surface area contributed by atoms with Gasteiger partial charge in [0.2, 0.25) is 5.76 Å². The zero-order valence-electron chi connectivity index (χ0n) is 9.20. The fourth-order valence-corrected chi connectivity index (χ4v) is 2.22. The third-order valence-corrected chi connectivity index (χ3v) is 3.38. The number of hydrogen-bond donors (Lipinski definition) is 1. The summed E-state index contributed by atoms with van der Waals surface area (Å²) in [5.74, 6) is 0.140. The highest BCUT2D eigenvalue weighted by molar-refractivity contribution is 6.20. The van der Waals surface area contributed by atoms with E-state index in [4.69, 9.17) is 16.0 Å². The van der Waals surface area contributed by atoms with Crippen LogP contribution in [0.25, 0.3) is 0 Å². The topological polar surface area (TPSA) is 55.1 Å². The first-order valence-electron chi connectivity index (χ1n) is 5.52. The molecule has 1 aromatic rings. The average molecular weight is 243 g/mol. The van der Waals surface area contributed by atoms with Gasteiger partial charge in [-0.05, 0) is 32.6 Å². The van der Waals surface area contributed by atoms with E-state index < -0.39 is 0 Å². The number of carbonyl (C=O) groups is 1. The van der Waals surface area contributed by atoms with E-state index in [1.165, 1.54) is 6.39 Å². The lowest BCUT2D eigenvalue weighted by Gasteiger charge is -2.25. The molecule has 0 aromatic carbocycles. The standard InChI is InChI=1S/C11H15ClN2O2/c1-7-10(16-6-13-7)11(15)14-9-4-2-8(12)3-5-9/h6,8-9H,2-5H2,1H3,(H,14,15). The third-order valence-electron chi connectivity index (χ3n) is 2.94. The second-order valence-electron chi connectivity index (χ2n) is 4.19. The summed E-state index contributed by atoms with van der Waals surface area (Å²) in [4.78, 5) is 15.7. The maximum absolute atomic E-state index is 11.8. The van der Waals surface area contributed by atoms with Crippen LogP contribution in [0.3, 0.4) is 0 Å². The maximum atomic E-state index is 11.8. The zero-order chi connectivity index (χ0) is 11.5. The molecule has 1 aromatic heterocycles. The van der Waals surface area contributed by atoms with E-state index >= 15 is 0 Å². The number of aromatic nitrogens is 1. The monoisotopic (exact) mass is 242 g/mol. The molecule has 5 heteroatoms. The number of halogens is 1. The number of rotatable bonds is 2. The molecule has 1 saturated carbocycles. The van der Waals surface area contributed by atoms with Crippen LogP contribution in [0.4, 0.5) is 0 Å². The van der Waals surface area contributed by atoms with Gasteiger partial charge in [0.15, 0.2) is 6.39 Å². The second kappa shape index (κ2) is 4.87. The Kier molecular flexibility index (Phi) is 3.49. The highest BCUT2D eigenvalue weighted by Gasteiger charge is 2.23. The highest BCUT2D eigenvalue weighted by atomic mass is 35.5. The summed E-state index contributed by atoms with van der Waals surface area (Å²) >= 11 is 6.00. The molecule has 0 atom stereocenters. The van der Waals surface area contributed by atoms with Crippen molar-refractivity contribution in [2.45, 2.75) is 44.0 Å². The van der Waals surface area contributed by atoms with Crippen molar-refractivity contribution in [3.05, 3.63) is 17.8 Å². The number of nitrogens with one attached hydrogen (secondary N) is 1. The fourth-order valence-electron chi connectivity index (χ4n) is 1.97. The van der Waals surface area contributed by atoms with Gasteiger partial charge in [-0.2, -0.15) is 0 Å². The van der Waals surface area contributed by atoms with E-state index in [9.17, 15) is 4.79 Å². The van der Waals surface area contributed by atoms with Crippen LogP contribution in [0.1, 0.15) is 41.9 Å². The molecule has 1 aliphatic carbocycles. The van der Waals surface area contributed by atoms with E-state index in [1.54, 1.807) is 6.92 Å². The van der Waals surface area contributed by atoms with Gasteiger partial charge in [0.25, 0.3) is 5.91 Å². The van der Waals surface area contributed by atoms with Gasteiger partial charge in [-0.15, -0.1) is 11.6 Å². The van der Waals surface area contributed by atoms with Crippen LogP contribution >= 0.6 is 11.6 Å². The Morgan fingerprint density at radius 2 is 2.19 bits per heavy atom. The van der Waals surface area contributed by atoms with Gasteiger partial charge in [-0.25, -0.2) is 4.98 Å². The quantitative estimate of drug-likeness (QED) is 0.810. The van der Waals surface area contributed by atoms with Crippen molar-refractivity contribution in [3.63, 3.8) is 0 Å². The minimum absolute atomic E-state index is 0.173. The van der Waals surface area contributed by atoms with Crippen molar-refractivity contribution >= 4 is 17.5 Å². The van der Waals surface area contributed by atoms with E-state index in [0.717, 1.165) is 25.7 Å². The summed E-state index contributed by atoms with van der Waals surface area (Å²) in [6, 6.07) is 0.215. The largest absolute Gasteiger partial charge is 0.438 e. The first-order valence-corrected chi connectivity index (χ1v) is 5.95. The molecular formula is C11H15ClN2O2. The minimum Gasteiger partial charge on any atom is -0.438 e. The molecule has 0 aliphatic heterocycles. The summed E-state index contributed by atoms with van der Waals surface area (Å²) in [5, 5.41) is 3.22. The van der Waals surface area contributed by atoms with Crippen LogP contribution in [0.2, 0.25) is 0 Å². The van der Waals surface area contributed by atoms with Gasteiger partial charge < -0.3 is 9.73 Å². The molecule has 1 heterocycles. The van der Waals surface area contributed by atoms with Crippen LogP contribution < -0.4 is 5.32 Å². The third kappa shape index (κ3) is 2.55. The van der Waals surface area contributed by atoms with Gasteiger partial charge in [0, 0.05) is 11.4 Å². The minimum atomic E-state index is -0.173. The Morgan fingerprint density at radius 1 is 1.50 bits per heavy atom. The lowest BCUT2D eigenvalue weighted by atomic mass is 9.95. The summed E-state index contributed by atoms with van der Waals surface area (Å²) in [6.45, 7) is 1.76. The first kappa shape index (κ1) is 11.5. The molecule has 0 spiro atoms. The molecule has 1 amide bonds. The summed E-state index contributed by atoms with van der Waals surface area (Å²) in [7, 11) is 0. The molecular weight excluding hydrogens is 228 g/mol. The van der Waals surface area contributed by atoms with Gasteiger partial charge in [-0.1, -0.05) is 0 Å². The molecule has 16 heavy (non-hydrogen) atoms. The molecule has 88 valence electrons. The van der Waals surface area contributed by atoms with Crippen LogP contribution in [-0.4, -0.2) is 22.3 Å². The van der Waals surface area contributed by atoms with Crippen molar-refractivity contribution in [1.82, 2.24) is 10.3 Å². The fraction of sp³-hybridized carbons (Fsp3) is 0.636. The number of alkyl halides is 1. The molecule has 1 N–H and O–H groups in total. The van der Waals surface area contributed by atoms with Crippen molar-refractivity contribution in [3.8, 4) is 0 Å². The molecule has 4 nitrogen and oxygen atoms in total. The van der Waals surface area contributed by atoms with E-state index in [-0.39, 0.29) is 17.3 Å². The van der Waals surface area contributed by atoms with Gasteiger partial charge in [0.1, 0.15) is 0 Å². The molecule has 0 unspecified atom stereocenters. The Bertz CT molecular complexity index is 370. The summed E-state index contributed by atoms with van der Waals surface area (Å²) < 4.78 is 5.04. The number of oxazole rings is 1. The number of amides is 1. The van der Waals surface area contributed by atoms with Crippen LogP contribution in [0.5, 0.6) is 0 Å². The average Bonchev–Trinajstić information content (AvgIpc) is 2.68. The molecule has 0 bridgehead atoms. The van der Waals surface area contributed by atoms with E-state index in [2.05, 4.69) is 10.3 Å². The van der Waals surface area contributed by atoms with Crippen molar-refractivity contribution < 1.29 is 9.21 Å². The Balaban J connectivity index is 1.91. The summed E-state index contributed by atoms with van der Waals surface area (Å²) in [6.07, 6.45) is 5.09. The molecule has 2 rings (SSSR count). The first-order chi connectivity index (χ1) is 7.66.